The second-order valence-electron chi connectivity index (χ2n) is 4.63. The van der Waals surface area contributed by atoms with Crippen LogP contribution in [0.25, 0.3) is 0 Å². The van der Waals surface area contributed by atoms with Crippen LogP contribution in [-0.2, 0) is 0 Å². The fourth-order valence-electron chi connectivity index (χ4n) is 1.91. The largest absolute Gasteiger partial charge is 0.393 e. The van der Waals surface area contributed by atoms with Crippen molar-refractivity contribution in [2.24, 2.45) is 5.73 Å². The molecule has 1 fully saturated rings. The summed E-state index contributed by atoms with van der Waals surface area (Å²) in [6.07, 6.45) is 4.41. The first kappa shape index (κ1) is 13.0. The first-order valence-electron chi connectivity index (χ1n) is 6.10. The topological polar surface area (TPSA) is 59.2 Å². The molecular weight excluding hydrogens is 246 g/mol. The third kappa shape index (κ3) is 3.26. The lowest BCUT2D eigenvalue weighted by molar-refractivity contribution is 0.0748. The molecular formula is C13H17N3OS. The average molecular weight is 263 g/mol. The number of carbonyl (C=O) groups excluding carboxylic acids is 1. The summed E-state index contributed by atoms with van der Waals surface area (Å²) in [5, 5.41) is 0. The Morgan fingerprint density at radius 1 is 1.61 bits per heavy atom. The molecule has 0 bridgehead atoms. The Bertz CT molecular complexity index is 471. The van der Waals surface area contributed by atoms with Crippen LogP contribution in [0.15, 0.2) is 18.3 Å². The first-order chi connectivity index (χ1) is 8.58. The molecule has 5 heteroatoms. The summed E-state index contributed by atoms with van der Waals surface area (Å²) >= 11 is 4.87. The lowest BCUT2D eigenvalue weighted by Crippen LogP contribution is -2.35. The predicted molar refractivity (Wildman–Crippen MR) is 74.4 cm³/mol. The van der Waals surface area contributed by atoms with E-state index in [9.17, 15) is 4.79 Å². The number of thiocarbonyl (C=S) groups is 1. The molecule has 1 aromatic heterocycles. The summed E-state index contributed by atoms with van der Waals surface area (Å²) in [6, 6.07) is 3.93. The number of hydrogen-bond donors (Lipinski definition) is 1. The summed E-state index contributed by atoms with van der Waals surface area (Å²) in [5.41, 5.74) is 7.05. The third-order valence-corrected chi connectivity index (χ3v) is 3.20. The van der Waals surface area contributed by atoms with Gasteiger partial charge in [-0.25, -0.2) is 0 Å². The molecule has 0 spiro atoms. The van der Waals surface area contributed by atoms with E-state index in [1.807, 2.05) is 17.9 Å². The van der Waals surface area contributed by atoms with E-state index >= 15 is 0 Å². The molecule has 1 aliphatic rings. The van der Waals surface area contributed by atoms with Gasteiger partial charge in [0.05, 0.1) is 4.99 Å². The molecule has 1 aromatic rings. The zero-order chi connectivity index (χ0) is 13.1. The van der Waals surface area contributed by atoms with Crippen molar-refractivity contribution in [3.8, 4) is 0 Å². The Hall–Kier alpha value is -1.49. The standard InChI is InChI=1S/C13H17N3OS/c1-9-8-10(4-6-15-9)13(17)16(11-2-3-11)7-5-12(14)18/h4,6,8,11H,2-3,5,7H2,1H3,(H2,14,18). The highest BCUT2D eigenvalue weighted by molar-refractivity contribution is 7.80. The van der Waals surface area contributed by atoms with Gasteiger partial charge in [-0.1, -0.05) is 12.2 Å². The maximum Gasteiger partial charge on any atom is 0.254 e. The second kappa shape index (κ2) is 5.44. The minimum Gasteiger partial charge on any atom is -0.393 e. The summed E-state index contributed by atoms with van der Waals surface area (Å²) in [6.45, 7) is 2.49. The highest BCUT2D eigenvalue weighted by atomic mass is 32.1. The Kier molecular flexibility index (Phi) is 3.91. The highest BCUT2D eigenvalue weighted by Crippen LogP contribution is 2.28. The van der Waals surface area contributed by atoms with Crippen LogP contribution >= 0.6 is 12.2 Å². The summed E-state index contributed by atoms with van der Waals surface area (Å²) < 4.78 is 0. The average Bonchev–Trinajstić information content (AvgIpc) is 3.13. The quantitative estimate of drug-likeness (QED) is 0.821. The minimum atomic E-state index is 0.0549. The monoisotopic (exact) mass is 263 g/mol. The van der Waals surface area contributed by atoms with Gasteiger partial charge in [0, 0.05) is 36.5 Å². The maximum atomic E-state index is 12.4. The Labute approximate surface area is 112 Å². The van der Waals surface area contributed by atoms with Gasteiger partial charge in [0.2, 0.25) is 0 Å². The smallest absolute Gasteiger partial charge is 0.254 e. The van der Waals surface area contributed by atoms with Gasteiger partial charge in [-0.05, 0) is 31.9 Å². The van der Waals surface area contributed by atoms with Gasteiger partial charge in [0.1, 0.15) is 0 Å². The van der Waals surface area contributed by atoms with E-state index in [-0.39, 0.29) is 5.91 Å². The number of nitrogens with two attached hydrogens (primary N) is 1. The van der Waals surface area contributed by atoms with Crippen molar-refractivity contribution in [3.63, 3.8) is 0 Å². The highest BCUT2D eigenvalue weighted by Gasteiger charge is 2.32. The van der Waals surface area contributed by atoms with E-state index in [0.717, 1.165) is 18.5 Å². The molecule has 96 valence electrons. The molecule has 18 heavy (non-hydrogen) atoms. The number of amides is 1. The number of aromatic nitrogens is 1. The van der Waals surface area contributed by atoms with Crippen molar-refractivity contribution in [1.29, 1.82) is 0 Å². The van der Waals surface area contributed by atoms with Gasteiger partial charge in [-0.2, -0.15) is 0 Å². The summed E-state index contributed by atoms with van der Waals surface area (Å²) in [5.74, 6) is 0.0549. The molecule has 0 unspecified atom stereocenters. The Morgan fingerprint density at radius 2 is 2.33 bits per heavy atom. The van der Waals surface area contributed by atoms with E-state index in [2.05, 4.69) is 4.98 Å². The second-order valence-corrected chi connectivity index (χ2v) is 5.16. The number of hydrogen-bond acceptors (Lipinski definition) is 3. The van der Waals surface area contributed by atoms with Crippen LogP contribution in [0.5, 0.6) is 0 Å². The first-order valence-corrected chi connectivity index (χ1v) is 6.50. The minimum absolute atomic E-state index is 0.0549. The predicted octanol–water partition coefficient (Wildman–Crippen LogP) is 1.67. The molecule has 1 aliphatic carbocycles. The fraction of sp³-hybridized carbons (Fsp3) is 0.462. The lowest BCUT2D eigenvalue weighted by atomic mass is 10.2. The Morgan fingerprint density at radius 3 is 2.89 bits per heavy atom. The fourth-order valence-corrected chi connectivity index (χ4v) is 2.00. The molecule has 0 radical (unpaired) electrons. The molecule has 2 rings (SSSR count). The van der Waals surface area contributed by atoms with E-state index in [4.69, 9.17) is 18.0 Å². The molecule has 2 N–H and O–H groups in total. The Balaban J connectivity index is 2.10. The lowest BCUT2D eigenvalue weighted by Gasteiger charge is -2.22. The number of carbonyl (C=O) groups is 1. The number of pyridine rings is 1. The van der Waals surface area contributed by atoms with Crippen molar-refractivity contribution in [2.45, 2.75) is 32.2 Å². The molecule has 0 aliphatic heterocycles. The van der Waals surface area contributed by atoms with E-state index in [0.29, 0.717) is 29.6 Å². The number of aryl methyl sites for hydroxylation is 1. The molecule has 0 atom stereocenters. The molecule has 1 saturated carbocycles. The van der Waals surface area contributed by atoms with Crippen molar-refractivity contribution >= 4 is 23.1 Å². The van der Waals surface area contributed by atoms with Crippen molar-refractivity contribution in [2.75, 3.05) is 6.54 Å². The van der Waals surface area contributed by atoms with Gasteiger partial charge in [0.15, 0.2) is 0 Å². The van der Waals surface area contributed by atoms with E-state index < -0.39 is 0 Å². The third-order valence-electron chi connectivity index (χ3n) is 2.99. The van der Waals surface area contributed by atoms with Gasteiger partial charge in [-0.15, -0.1) is 0 Å². The van der Waals surface area contributed by atoms with Gasteiger partial charge >= 0.3 is 0 Å². The zero-order valence-corrected chi connectivity index (χ0v) is 11.2. The van der Waals surface area contributed by atoms with Crippen LogP contribution in [0.2, 0.25) is 0 Å². The zero-order valence-electron chi connectivity index (χ0n) is 10.4. The number of nitrogens with zero attached hydrogens (tertiary/aromatic N) is 2. The van der Waals surface area contributed by atoms with Crippen LogP contribution < -0.4 is 5.73 Å². The molecule has 1 amide bonds. The van der Waals surface area contributed by atoms with Crippen LogP contribution in [0, 0.1) is 6.92 Å². The summed E-state index contributed by atoms with van der Waals surface area (Å²) in [7, 11) is 0. The van der Waals surface area contributed by atoms with Crippen LogP contribution in [0.3, 0.4) is 0 Å². The van der Waals surface area contributed by atoms with Crippen molar-refractivity contribution in [3.05, 3.63) is 29.6 Å². The van der Waals surface area contributed by atoms with E-state index in [1.54, 1.807) is 12.3 Å². The molecule has 4 nitrogen and oxygen atoms in total. The SMILES string of the molecule is Cc1cc(C(=O)N(CCC(N)=S)C2CC2)ccn1. The van der Waals surface area contributed by atoms with Crippen LogP contribution in [0.1, 0.15) is 35.3 Å². The van der Waals surface area contributed by atoms with E-state index in [1.165, 1.54) is 0 Å². The van der Waals surface area contributed by atoms with Gasteiger partial charge in [-0.3, -0.25) is 9.78 Å². The number of rotatable bonds is 5. The molecule has 1 heterocycles. The van der Waals surface area contributed by atoms with Crippen molar-refractivity contribution in [1.82, 2.24) is 9.88 Å². The normalized spacial score (nSPS) is 14.3. The van der Waals surface area contributed by atoms with Crippen LogP contribution in [-0.4, -0.2) is 33.4 Å². The van der Waals surface area contributed by atoms with Crippen LogP contribution in [0.4, 0.5) is 0 Å². The van der Waals surface area contributed by atoms with Gasteiger partial charge in [0.25, 0.3) is 5.91 Å². The summed E-state index contributed by atoms with van der Waals surface area (Å²) in [4.78, 5) is 18.9. The molecule has 0 saturated heterocycles. The maximum absolute atomic E-state index is 12.4. The molecule has 0 aromatic carbocycles. The van der Waals surface area contributed by atoms with Crippen molar-refractivity contribution < 1.29 is 4.79 Å². The van der Waals surface area contributed by atoms with Gasteiger partial charge < -0.3 is 10.6 Å².